The average molecular weight is 396 g/mol. The van der Waals surface area contributed by atoms with E-state index in [1.54, 1.807) is 24.3 Å². The molecule has 5 nitrogen and oxygen atoms in total. The molecule has 6 heteroatoms. The molecule has 138 valence electrons. The number of nitrogens with one attached hydrogen (secondary N) is 1. The highest BCUT2D eigenvalue weighted by Gasteiger charge is 2.26. The van der Waals surface area contributed by atoms with E-state index < -0.39 is 5.91 Å². The van der Waals surface area contributed by atoms with Gasteiger partial charge < -0.3 is 4.42 Å². The van der Waals surface area contributed by atoms with Crippen molar-refractivity contribution in [3.8, 4) is 21.7 Å². The van der Waals surface area contributed by atoms with Crippen LogP contribution in [-0.2, 0) is 0 Å². The summed E-state index contributed by atoms with van der Waals surface area (Å²) in [5.41, 5.74) is 3.20. The number of para-hydroxylation sites is 1. The molecule has 2 heterocycles. The minimum absolute atomic E-state index is 0.0356. The van der Waals surface area contributed by atoms with Crippen LogP contribution in [0.25, 0.3) is 43.4 Å². The zero-order valence-electron chi connectivity index (χ0n) is 14.9. The average Bonchev–Trinajstić information content (AvgIpc) is 3.28. The number of amides is 1. The number of nitrogens with zero attached hydrogens (tertiary/aromatic N) is 1. The van der Waals surface area contributed by atoms with Crippen LogP contribution in [0.4, 0.5) is 5.13 Å². The molecule has 0 radical (unpaired) electrons. The number of carbonyl (C=O) groups is 1. The Bertz CT molecular complexity index is 1470. The van der Waals surface area contributed by atoms with E-state index in [-0.39, 0.29) is 11.2 Å². The van der Waals surface area contributed by atoms with Crippen molar-refractivity contribution < 1.29 is 9.21 Å². The van der Waals surface area contributed by atoms with Crippen LogP contribution in [0.2, 0.25) is 0 Å². The molecule has 1 N–H and O–H groups in total. The van der Waals surface area contributed by atoms with E-state index in [4.69, 9.17) is 4.42 Å². The third-order valence-electron chi connectivity index (χ3n) is 5.11. The third kappa shape index (κ3) is 2.36. The monoisotopic (exact) mass is 396 g/mol. The fourth-order valence-electron chi connectivity index (χ4n) is 3.84. The zero-order valence-corrected chi connectivity index (χ0v) is 15.7. The summed E-state index contributed by atoms with van der Waals surface area (Å²) in [5.74, 6) is -0.529. The number of hydrogen-bond donors (Lipinski definition) is 1. The minimum Gasteiger partial charge on any atom is -0.451 e. The molecule has 0 atom stereocenters. The molecule has 1 amide bonds. The second-order valence-electron chi connectivity index (χ2n) is 6.83. The molecule has 1 aliphatic rings. The van der Waals surface area contributed by atoms with E-state index in [2.05, 4.69) is 28.5 Å². The van der Waals surface area contributed by atoms with Gasteiger partial charge in [-0.15, -0.1) is 0 Å². The van der Waals surface area contributed by atoms with Crippen LogP contribution < -0.4 is 10.7 Å². The van der Waals surface area contributed by atoms with Crippen LogP contribution in [0, 0.1) is 0 Å². The van der Waals surface area contributed by atoms with Gasteiger partial charge in [0, 0.05) is 17.2 Å². The molecule has 0 aliphatic heterocycles. The standard InChI is InChI=1S/C23H12N2O3S/c26-16-11-18(28-17-10-2-1-7-13(16)17)22(27)25-23-24-20-14-8-3-5-12-6-4-9-15(19(12)14)21(20)29-23/h1-11H,(H,24,25,27). The molecule has 0 bridgehead atoms. The molecule has 3 aromatic carbocycles. The van der Waals surface area contributed by atoms with Crippen LogP contribution in [0.3, 0.4) is 0 Å². The van der Waals surface area contributed by atoms with E-state index in [1.807, 2.05) is 18.2 Å². The van der Waals surface area contributed by atoms with Gasteiger partial charge in [-0.05, 0) is 22.9 Å². The van der Waals surface area contributed by atoms with E-state index in [0.29, 0.717) is 16.1 Å². The van der Waals surface area contributed by atoms with Crippen molar-refractivity contribution in [1.82, 2.24) is 4.98 Å². The quantitative estimate of drug-likeness (QED) is 0.431. The van der Waals surface area contributed by atoms with Gasteiger partial charge in [-0.1, -0.05) is 59.9 Å². The highest BCUT2D eigenvalue weighted by atomic mass is 32.1. The number of rotatable bonds is 2. The maximum Gasteiger partial charge on any atom is 0.293 e. The Labute approximate surface area is 168 Å². The Balaban J connectivity index is 1.39. The molecule has 0 fully saturated rings. The number of carbonyl (C=O) groups excluding carboxylic acids is 1. The number of thiazole rings is 1. The van der Waals surface area contributed by atoms with Crippen molar-refractivity contribution >= 4 is 44.1 Å². The Morgan fingerprint density at radius 2 is 1.76 bits per heavy atom. The summed E-state index contributed by atoms with van der Waals surface area (Å²) in [6.45, 7) is 0. The lowest BCUT2D eigenvalue weighted by Crippen LogP contribution is -2.14. The Morgan fingerprint density at radius 1 is 0.966 bits per heavy atom. The van der Waals surface area contributed by atoms with Crippen molar-refractivity contribution in [2.45, 2.75) is 0 Å². The molecule has 0 saturated heterocycles. The van der Waals surface area contributed by atoms with Crippen molar-refractivity contribution in [3.05, 3.63) is 82.7 Å². The maximum atomic E-state index is 12.7. The lowest BCUT2D eigenvalue weighted by molar-refractivity contribution is 0.0997. The van der Waals surface area contributed by atoms with E-state index in [1.165, 1.54) is 28.2 Å². The number of aromatic nitrogens is 1. The number of benzene rings is 3. The molecule has 5 aromatic rings. The number of anilines is 1. The minimum atomic E-state index is -0.494. The Morgan fingerprint density at radius 3 is 2.62 bits per heavy atom. The second kappa shape index (κ2) is 5.86. The van der Waals surface area contributed by atoms with Crippen LogP contribution in [0.15, 0.2) is 75.9 Å². The molecular formula is C23H12N2O3S. The molecule has 0 spiro atoms. The van der Waals surface area contributed by atoms with Gasteiger partial charge in [-0.3, -0.25) is 14.9 Å². The predicted octanol–water partition coefficient (Wildman–Crippen LogP) is 5.30. The van der Waals surface area contributed by atoms with E-state index >= 15 is 0 Å². The summed E-state index contributed by atoms with van der Waals surface area (Å²) in [4.78, 5) is 30.6. The lowest BCUT2D eigenvalue weighted by Gasteiger charge is -2.04. The first kappa shape index (κ1) is 16.2. The van der Waals surface area contributed by atoms with Gasteiger partial charge in [0.2, 0.25) is 0 Å². The van der Waals surface area contributed by atoms with Gasteiger partial charge in [0.15, 0.2) is 16.3 Å². The molecular weight excluding hydrogens is 384 g/mol. The van der Waals surface area contributed by atoms with Gasteiger partial charge in [0.1, 0.15) is 5.58 Å². The normalized spacial score (nSPS) is 11.7. The molecule has 1 aliphatic carbocycles. The second-order valence-corrected chi connectivity index (χ2v) is 7.83. The fraction of sp³-hybridized carbons (Fsp3) is 0. The van der Waals surface area contributed by atoms with E-state index in [0.717, 1.165) is 21.7 Å². The Kier molecular flexibility index (Phi) is 3.28. The smallest absolute Gasteiger partial charge is 0.293 e. The fourth-order valence-corrected chi connectivity index (χ4v) is 4.85. The summed E-state index contributed by atoms with van der Waals surface area (Å²) in [7, 11) is 0. The van der Waals surface area contributed by atoms with Crippen molar-refractivity contribution in [3.63, 3.8) is 0 Å². The molecule has 6 rings (SSSR count). The number of fused-ring (bicyclic) bond motifs is 4. The van der Waals surface area contributed by atoms with Crippen molar-refractivity contribution in [1.29, 1.82) is 0 Å². The SMILES string of the molecule is O=C(Nc1nc2c(s1)-c1cccc3cccc-2c13)c1cc(=O)c2ccccc2o1. The predicted molar refractivity (Wildman–Crippen MR) is 114 cm³/mol. The third-order valence-corrected chi connectivity index (χ3v) is 6.11. The highest BCUT2D eigenvalue weighted by Crippen LogP contribution is 2.50. The molecule has 2 aromatic heterocycles. The summed E-state index contributed by atoms with van der Waals surface area (Å²) < 4.78 is 5.62. The summed E-state index contributed by atoms with van der Waals surface area (Å²) in [6.07, 6.45) is 0. The van der Waals surface area contributed by atoms with Gasteiger partial charge in [0.25, 0.3) is 5.91 Å². The molecule has 0 saturated carbocycles. The maximum absolute atomic E-state index is 12.7. The van der Waals surface area contributed by atoms with E-state index in [9.17, 15) is 9.59 Å². The van der Waals surface area contributed by atoms with Crippen LogP contribution in [0.1, 0.15) is 10.6 Å². The topological polar surface area (TPSA) is 72.2 Å². The largest absolute Gasteiger partial charge is 0.451 e. The van der Waals surface area contributed by atoms with Crippen LogP contribution in [-0.4, -0.2) is 10.9 Å². The highest BCUT2D eigenvalue weighted by molar-refractivity contribution is 7.20. The lowest BCUT2D eigenvalue weighted by atomic mass is 10.0. The van der Waals surface area contributed by atoms with Crippen LogP contribution >= 0.6 is 11.3 Å². The van der Waals surface area contributed by atoms with Gasteiger partial charge in [-0.2, -0.15) is 0 Å². The van der Waals surface area contributed by atoms with Gasteiger partial charge in [0.05, 0.1) is 16.0 Å². The summed E-state index contributed by atoms with van der Waals surface area (Å²) >= 11 is 1.42. The summed E-state index contributed by atoms with van der Waals surface area (Å²) in [6, 6.07) is 20.4. The Hall–Kier alpha value is -3.77. The first-order valence-electron chi connectivity index (χ1n) is 9.06. The zero-order chi connectivity index (χ0) is 19.5. The van der Waals surface area contributed by atoms with Crippen LogP contribution in [0.5, 0.6) is 0 Å². The molecule has 0 unspecified atom stereocenters. The molecule has 29 heavy (non-hydrogen) atoms. The number of hydrogen-bond acceptors (Lipinski definition) is 5. The summed E-state index contributed by atoms with van der Waals surface area (Å²) in [5, 5.41) is 6.07. The first-order valence-corrected chi connectivity index (χ1v) is 9.88. The first-order chi connectivity index (χ1) is 14.2. The van der Waals surface area contributed by atoms with Crippen molar-refractivity contribution in [2.75, 3.05) is 5.32 Å². The van der Waals surface area contributed by atoms with Crippen molar-refractivity contribution in [2.24, 2.45) is 0 Å². The van der Waals surface area contributed by atoms with Gasteiger partial charge >= 0.3 is 0 Å². The van der Waals surface area contributed by atoms with Gasteiger partial charge in [-0.25, -0.2) is 4.98 Å².